The Morgan fingerprint density at radius 2 is 1.80 bits per heavy atom. The third-order valence-electron chi connectivity index (χ3n) is 4.93. The van der Waals surface area contributed by atoms with Crippen LogP contribution < -0.4 is 5.32 Å². The number of nitrogens with one attached hydrogen (secondary N) is 1. The van der Waals surface area contributed by atoms with Crippen LogP contribution in [0.25, 0.3) is 0 Å². The third kappa shape index (κ3) is 5.02. The van der Waals surface area contributed by atoms with Gasteiger partial charge in [-0.05, 0) is 37.1 Å². The summed E-state index contributed by atoms with van der Waals surface area (Å²) in [5.74, 6) is -1.18. The lowest BCUT2D eigenvalue weighted by molar-refractivity contribution is -0.158. The van der Waals surface area contributed by atoms with Gasteiger partial charge in [-0.15, -0.1) is 0 Å². The topological polar surface area (TPSA) is 67.8 Å². The second-order valence-electron chi connectivity index (χ2n) is 7.20. The van der Waals surface area contributed by atoms with E-state index in [1.54, 1.807) is 30.3 Å². The predicted molar refractivity (Wildman–Crippen MR) is 120 cm³/mol. The number of esters is 1. The number of carbonyl (C=O) groups is 2. The van der Waals surface area contributed by atoms with Crippen LogP contribution >= 0.6 is 23.2 Å². The molecule has 1 heterocycles. The van der Waals surface area contributed by atoms with Crippen LogP contribution in [0, 0.1) is 5.92 Å². The number of nitrogens with zero attached hydrogens (tertiary/aromatic N) is 1. The zero-order valence-corrected chi connectivity index (χ0v) is 18.5. The van der Waals surface area contributed by atoms with Crippen LogP contribution in [0.2, 0.25) is 10.0 Å². The lowest BCUT2D eigenvalue weighted by atomic mass is 9.99. The number of ether oxygens (including phenoxy) is 1. The zero-order valence-electron chi connectivity index (χ0n) is 17.0. The fourth-order valence-electron chi connectivity index (χ4n) is 3.49. The van der Waals surface area contributed by atoms with Gasteiger partial charge in [-0.1, -0.05) is 68.1 Å². The highest BCUT2D eigenvalue weighted by molar-refractivity contribution is 6.37. The molecule has 0 saturated carbocycles. The van der Waals surface area contributed by atoms with Crippen molar-refractivity contribution in [1.29, 1.82) is 0 Å². The number of carbonyl (C=O) groups excluding carboxylic acids is 2. The zero-order chi connectivity index (χ0) is 21.7. The van der Waals surface area contributed by atoms with Gasteiger partial charge in [0.2, 0.25) is 0 Å². The molecule has 1 aliphatic heterocycles. The van der Waals surface area contributed by atoms with Crippen molar-refractivity contribution >= 4 is 46.5 Å². The first-order chi connectivity index (χ1) is 14.4. The molecule has 1 aliphatic rings. The van der Waals surface area contributed by atoms with Crippen molar-refractivity contribution in [3.8, 4) is 0 Å². The van der Waals surface area contributed by atoms with E-state index in [4.69, 9.17) is 27.9 Å². The van der Waals surface area contributed by atoms with Gasteiger partial charge < -0.3 is 10.1 Å². The van der Waals surface area contributed by atoms with Crippen molar-refractivity contribution in [3.05, 3.63) is 63.6 Å². The van der Waals surface area contributed by atoms with E-state index in [9.17, 15) is 9.59 Å². The molecule has 5 nitrogen and oxygen atoms in total. The van der Waals surface area contributed by atoms with Gasteiger partial charge in [0.15, 0.2) is 0 Å². The molecular weight excluding hydrogens is 423 g/mol. The van der Waals surface area contributed by atoms with Crippen LogP contribution in [0.5, 0.6) is 0 Å². The maximum absolute atomic E-state index is 12.8. The first-order valence-corrected chi connectivity index (χ1v) is 10.8. The Kier molecular flexibility index (Phi) is 7.51. The highest BCUT2D eigenvalue weighted by Crippen LogP contribution is 2.30. The molecule has 1 atom stereocenters. The number of aliphatic imine (C=N–C) groups is 1. The van der Waals surface area contributed by atoms with Crippen LogP contribution in [0.3, 0.4) is 0 Å². The van der Waals surface area contributed by atoms with Gasteiger partial charge in [0.05, 0.1) is 17.3 Å². The van der Waals surface area contributed by atoms with Crippen LogP contribution in [0.15, 0.2) is 47.5 Å². The van der Waals surface area contributed by atoms with E-state index in [0.29, 0.717) is 45.4 Å². The second kappa shape index (κ2) is 10.1. The molecule has 2 aromatic carbocycles. The highest BCUT2D eigenvalue weighted by atomic mass is 35.5. The van der Waals surface area contributed by atoms with Gasteiger partial charge >= 0.3 is 5.97 Å². The Hall–Kier alpha value is -2.37. The van der Waals surface area contributed by atoms with Gasteiger partial charge in [0.25, 0.3) is 12.1 Å². The number of hydrogen-bond donors (Lipinski definition) is 1. The number of anilines is 1. The minimum Gasteiger partial charge on any atom is -0.430 e. The Morgan fingerprint density at radius 3 is 2.47 bits per heavy atom. The van der Waals surface area contributed by atoms with Crippen molar-refractivity contribution in [2.75, 3.05) is 5.32 Å². The molecular formula is C23H24Cl2N2O3. The van der Waals surface area contributed by atoms with E-state index in [2.05, 4.69) is 10.3 Å². The van der Waals surface area contributed by atoms with Crippen LogP contribution in [0.4, 0.5) is 5.69 Å². The molecule has 0 aromatic heterocycles. The number of fused-ring (bicyclic) bond motifs is 1. The van der Waals surface area contributed by atoms with Gasteiger partial charge in [0, 0.05) is 21.2 Å². The number of amides is 1. The van der Waals surface area contributed by atoms with Crippen molar-refractivity contribution < 1.29 is 14.3 Å². The summed E-state index contributed by atoms with van der Waals surface area (Å²) >= 11 is 12.6. The van der Waals surface area contributed by atoms with Crippen molar-refractivity contribution in [1.82, 2.24) is 0 Å². The molecule has 0 spiro atoms. The molecule has 0 bridgehead atoms. The van der Waals surface area contributed by atoms with E-state index in [1.165, 1.54) is 0 Å². The summed E-state index contributed by atoms with van der Waals surface area (Å²) in [5.41, 5.74) is 2.21. The fourth-order valence-corrected chi connectivity index (χ4v) is 3.89. The average Bonchev–Trinajstić information content (AvgIpc) is 2.85. The lowest BCUT2D eigenvalue weighted by Crippen LogP contribution is -2.33. The van der Waals surface area contributed by atoms with Crippen molar-refractivity contribution in [2.45, 2.75) is 45.8 Å². The first-order valence-electron chi connectivity index (χ1n) is 10.1. The van der Waals surface area contributed by atoms with Gasteiger partial charge in [-0.3, -0.25) is 9.59 Å². The monoisotopic (exact) mass is 446 g/mol. The number of rotatable bonds is 7. The molecule has 0 saturated heterocycles. The summed E-state index contributed by atoms with van der Waals surface area (Å²) < 4.78 is 5.59. The summed E-state index contributed by atoms with van der Waals surface area (Å²) in [4.78, 5) is 30.1. The number of benzene rings is 2. The second-order valence-corrected chi connectivity index (χ2v) is 8.04. The van der Waals surface area contributed by atoms with Crippen molar-refractivity contribution in [2.24, 2.45) is 10.9 Å². The third-order valence-corrected chi connectivity index (χ3v) is 5.49. The standard InChI is InChI=1S/C23H24Cl2N2O3/c1-3-7-14(8-4-2)23(29)30-22-21(28)26-19-12-11-15(24)13-17(19)20(27-22)16-9-5-6-10-18(16)25/h5-6,9-14,22H,3-4,7-8H2,1-2H3,(H,26,28). The molecule has 3 rings (SSSR count). The van der Waals surface area contributed by atoms with Gasteiger partial charge in [-0.2, -0.15) is 0 Å². The van der Waals surface area contributed by atoms with E-state index < -0.39 is 18.1 Å². The summed E-state index contributed by atoms with van der Waals surface area (Å²) in [6, 6.07) is 12.3. The fraction of sp³-hybridized carbons (Fsp3) is 0.348. The summed E-state index contributed by atoms with van der Waals surface area (Å²) in [6.45, 7) is 4.03. The largest absolute Gasteiger partial charge is 0.430 e. The summed E-state index contributed by atoms with van der Waals surface area (Å²) in [7, 11) is 0. The minimum absolute atomic E-state index is 0.258. The van der Waals surface area contributed by atoms with E-state index >= 15 is 0 Å². The highest BCUT2D eigenvalue weighted by Gasteiger charge is 2.31. The lowest BCUT2D eigenvalue weighted by Gasteiger charge is -2.18. The smallest absolute Gasteiger partial charge is 0.311 e. The molecule has 0 aliphatic carbocycles. The number of hydrogen-bond acceptors (Lipinski definition) is 4. The van der Waals surface area contributed by atoms with E-state index in [-0.39, 0.29) is 5.92 Å². The number of halogens is 2. The van der Waals surface area contributed by atoms with Gasteiger partial charge in [0.1, 0.15) is 0 Å². The maximum atomic E-state index is 12.8. The average molecular weight is 447 g/mol. The molecule has 7 heteroatoms. The van der Waals surface area contributed by atoms with Crippen LogP contribution in [0.1, 0.15) is 50.7 Å². The summed E-state index contributed by atoms with van der Waals surface area (Å²) in [5, 5.41) is 3.75. The molecule has 1 N–H and O–H groups in total. The normalized spacial score (nSPS) is 15.8. The van der Waals surface area contributed by atoms with Crippen LogP contribution in [-0.2, 0) is 14.3 Å². The van der Waals surface area contributed by atoms with Crippen LogP contribution in [-0.4, -0.2) is 23.8 Å². The predicted octanol–water partition coefficient (Wildman–Crippen LogP) is 5.87. The molecule has 158 valence electrons. The SMILES string of the molecule is CCCC(CCC)C(=O)OC1N=C(c2ccccc2Cl)c2cc(Cl)ccc2NC1=O. The summed E-state index contributed by atoms with van der Waals surface area (Å²) in [6.07, 6.45) is 1.81. The Bertz CT molecular complexity index is 969. The molecule has 2 aromatic rings. The minimum atomic E-state index is -1.31. The first kappa shape index (κ1) is 22.3. The van der Waals surface area contributed by atoms with E-state index in [1.807, 2.05) is 26.0 Å². The maximum Gasteiger partial charge on any atom is 0.311 e. The Morgan fingerprint density at radius 1 is 1.10 bits per heavy atom. The Balaban J connectivity index is 2.04. The molecule has 30 heavy (non-hydrogen) atoms. The quantitative estimate of drug-likeness (QED) is 0.540. The molecule has 1 amide bonds. The van der Waals surface area contributed by atoms with E-state index in [0.717, 1.165) is 12.8 Å². The molecule has 0 radical (unpaired) electrons. The number of benzodiazepines with no additional fused rings is 1. The molecule has 1 unspecified atom stereocenters. The van der Waals surface area contributed by atoms with Gasteiger partial charge in [-0.25, -0.2) is 4.99 Å². The Labute approximate surface area is 186 Å². The molecule has 0 fully saturated rings. The van der Waals surface area contributed by atoms with Crippen molar-refractivity contribution in [3.63, 3.8) is 0 Å².